The first-order valence-corrected chi connectivity index (χ1v) is 5.48. The molecule has 0 amide bonds. The van der Waals surface area contributed by atoms with Gasteiger partial charge in [0.25, 0.3) is 5.69 Å². The van der Waals surface area contributed by atoms with Crippen LogP contribution < -0.4 is 4.74 Å². The van der Waals surface area contributed by atoms with Crippen LogP contribution in [0.3, 0.4) is 0 Å². The van der Waals surface area contributed by atoms with Crippen LogP contribution in [0, 0.1) is 10.1 Å². The molecule has 0 saturated heterocycles. The van der Waals surface area contributed by atoms with Gasteiger partial charge in [0, 0.05) is 6.07 Å². The van der Waals surface area contributed by atoms with Crippen molar-refractivity contribution in [2.45, 2.75) is 6.42 Å². The van der Waals surface area contributed by atoms with Gasteiger partial charge in [-0.1, -0.05) is 6.07 Å². The van der Waals surface area contributed by atoms with Crippen molar-refractivity contribution in [2.24, 2.45) is 0 Å². The minimum Gasteiger partial charge on any atom is -0.492 e. The second-order valence-corrected chi connectivity index (χ2v) is 3.81. The van der Waals surface area contributed by atoms with Gasteiger partial charge in [0.1, 0.15) is 10.2 Å². The highest BCUT2D eigenvalue weighted by atomic mass is 79.9. The minimum absolute atomic E-state index is 0.0828. The van der Waals surface area contributed by atoms with Crippen LogP contribution in [0.25, 0.3) is 0 Å². The van der Waals surface area contributed by atoms with Gasteiger partial charge in [0.05, 0.1) is 25.1 Å². The van der Waals surface area contributed by atoms with E-state index in [4.69, 9.17) is 4.74 Å². The molecule has 0 aromatic heterocycles. The summed E-state index contributed by atoms with van der Waals surface area (Å²) in [6, 6.07) is 4.45. The lowest BCUT2D eigenvalue weighted by molar-refractivity contribution is -0.385. The molecule has 0 aliphatic heterocycles. The molecule has 92 valence electrons. The van der Waals surface area contributed by atoms with Gasteiger partial charge in [-0.2, -0.15) is 0 Å². The van der Waals surface area contributed by atoms with E-state index < -0.39 is 10.9 Å². The van der Waals surface area contributed by atoms with Crippen LogP contribution in [0.4, 0.5) is 5.69 Å². The van der Waals surface area contributed by atoms with E-state index in [0.29, 0.717) is 5.75 Å². The SMILES string of the molecule is COC(=O)CCOc1cccc([N+](=O)[O-])c1Br. The Kier molecular flexibility index (Phi) is 4.89. The Morgan fingerprint density at radius 1 is 1.53 bits per heavy atom. The summed E-state index contributed by atoms with van der Waals surface area (Å²) in [5.74, 6) is -0.0744. The quantitative estimate of drug-likeness (QED) is 0.474. The molecule has 0 radical (unpaired) electrons. The molecule has 0 fully saturated rings. The first-order chi connectivity index (χ1) is 8.06. The van der Waals surface area contributed by atoms with Crippen LogP contribution in [0.15, 0.2) is 22.7 Å². The third-order valence-electron chi connectivity index (χ3n) is 1.93. The zero-order chi connectivity index (χ0) is 12.8. The van der Waals surface area contributed by atoms with E-state index in [2.05, 4.69) is 20.7 Å². The third-order valence-corrected chi connectivity index (χ3v) is 2.73. The molecule has 7 heteroatoms. The van der Waals surface area contributed by atoms with Gasteiger partial charge in [-0.05, 0) is 22.0 Å². The van der Waals surface area contributed by atoms with Gasteiger partial charge in [0.15, 0.2) is 0 Å². The molecule has 0 N–H and O–H groups in total. The number of methoxy groups -OCH3 is 1. The zero-order valence-electron chi connectivity index (χ0n) is 9.01. The van der Waals surface area contributed by atoms with Crippen LogP contribution in [-0.4, -0.2) is 24.6 Å². The van der Waals surface area contributed by atoms with Crippen molar-refractivity contribution < 1.29 is 19.2 Å². The van der Waals surface area contributed by atoms with E-state index in [9.17, 15) is 14.9 Å². The lowest BCUT2D eigenvalue weighted by atomic mass is 10.3. The molecule has 0 bridgehead atoms. The number of halogens is 1. The Labute approximate surface area is 106 Å². The van der Waals surface area contributed by atoms with Crippen LogP contribution in [0.5, 0.6) is 5.75 Å². The standard InChI is InChI=1S/C10H10BrNO5/c1-16-9(13)5-6-17-8-4-2-3-7(10(8)11)12(14)15/h2-4H,5-6H2,1H3. The second kappa shape index (κ2) is 6.19. The molecule has 1 rings (SSSR count). The maximum atomic E-state index is 10.8. The van der Waals surface area contributed by atoms with Gasteiger partial charge in [-0.25, -0.2) is 0 Å². The van der Waals surface area contributed by atoms with E-state index in [-0.39, 0.29) is 23.2 Å². The topological polar surface area (TPSA) is 78.7 Å². The van der Waals surface area contributed by atoms with Crippen molar-refractivity contribution in [3.8, 4) is 5.75 Å². The molecule has 0 unspecified atom stereocenters. The van der Waals surface area contributed by atoms with Gasteiger partial charge in [0.2, 0.25) is 0 Å². The normalized spacial score (nSPS) is 9.76. The fraction of sp³-hybridized carbons (Fsp3) is 0.300. The predicted molar refractivity (Wildman–Crippen MR) is 62.9 cm³/mol. The molecule has 0 saturated carbocycles. The van der Waals surface area contributed by atoms with Crippen molar-refractivity contribution in [3.63, 3.8) is 0 Å². The molecule has 0 spiro atoms. The van der Waals surface area contributed by atoms with Crippen molar-refractivity contribution in [3.05, 3.63) is 32.8 Å². The van der Waals surface area contributed by atoms with Gasteiger partial charge in [-0.15, -0.1) is 0 Å². The van der Waals surface area contributed by atoms with Crippen LogP contribution in [0.1, 0.15) is 6.42 Å². The second-order valence-electron chi connectivity index (χ2n) is 3.02. The molecule has 0 heterocycles. The summed E-state index contributed by atoms with van der Waals surface area (Å²) in [6.07, 6.45) is 0.0889. The molecule has 1 aromatic carbocycles. The van der Waals surface area contributed by atoms with Crippen LogP contribution in [-0.2, 0) is 9.53 Å². The van der Waals surface area contributed by atoms with Crippen molar-refractivity contribution in [2.75, 3.05) is 13.7 Å². The maximum Gasteiger partial charge on any atom is 0.308 e. The Morgan fingerprint density at radius 3 is 2.82 bits per heavy atom. The predicted octanol–water partition coefficient (Wildman–Crippen LogP) is 2.30. The van der Waals surface area contributed by atoms with Crippen molar-refractivity contribution >= 4 is 27.6 Å². The summed E-state index contributed by atoms with van der Waals surface area (Å²) in [5.41, 5.74) is -0.0828. The number of nitrogens with zero attached hydrogens (tertiary/aromatic N) is 1. The molecule has 0 aliphatic rings. The van der Waals surface area contributed by atoms with Gasteiger partial charge >= 0.3 is 5.97 Å². The largest absolute Gasteiger partial charge is 0.492 e. The monoisotopic (exact) mass is 303 g/mol. The molecule has 0 aliphatic carbocycles. The first kappa shape index (κ1) is 13.4. The number of benzene rings is 1. The fourth-order valence-corrected chi connectivity index (χ4v) is 1.62. The summed E-state index contributed by atoms with van der Waals surface area (Å²) in [7, 11) is 1.28. The van der Waals surface area contributed by atoms with E-state index in [1.54, 1.807) is 6.07 Å². The molecule has 0 atom stereocenters. The molecule has 6 nitrogen and oxygen atoms in total. The Balaban J connectivity index is 2.69. The van der Waals surface area contributed by atoms with Gasteiger partial charge in [-0.3, -0.25) is 14.9 Å². The first-order valence-electron chi connectivity index (χ1n) is 4.68. The van der Waals surface area contributed by atoms with Crippen LogP contribution >= 0.6 is 15.9 Å². The highest BCUT2D eigenvalue weighted by Gasteiger charge is 2.15. The highest BCUT2D eigenvalue weighted by Crippen LogP contribution is 2.33. The number of ether oxygens (including phenoxy) is 2. The summed E-state index contributed by atoms with van der Waals surface area (Å²) in [6.45, 7) is 0.104. The van der Waals surface area contributed by atoms with E-state index >= 15 is 0 Å². The molecular formula is C10H10BrNO5. The Morgan fingerprint density at radius 2 is 2.24 bits per heavy atom. The molecule has 17 heavy (non-hydrogen) atoms. The maximum absolute atomic E-state index is 10.8. The van der Waals surface area contributed by atoms with Crippen molar-refractivity contribution in [1.82, 2.24) is 0 Å². The lowest BCUT2D eigenvalue weighted by Gasteiger charge is -2.07. The number of nitro benzene ring substituents is 1. The summed E-state index contributed by atoms with van der Waals surface area (Å²) >= 11 is 3.08. The lowest BCUT2D eigenvalue weighted by Crippen LogP contribution is -2.07. The summed E-state index contributed by atoms with van der Waals surface area (Å²) < 4.78 is 9.95. The fourth-order valence-electron chi connectivity index (χ4n) is 1.10. The number of hydrogen-bond acceptors (Lipinski definition) is 5. The minimum atomic E-state index is -0.517. The molecular weight excluding hydrogens is 294 g/mol. The average Bonchev–Trinajstić information content (AvgIpc) is 2.30. The Hall–Kier alpha value is -1.63. The number of esters is 1. The van der Waals surface area contributed by atoms with Gasteiger partial charge < -0.3 is 9.47 Å². The van der Waals surface area contributed by atoms with E-state index in [1.807, 2.05) is 0 Å². The van der Waals surface area contributed by atoms with E-state index in [1.165, 1.54) is 19.2 Å². The highest BCUT2D eigenvalue weighted by molar-refractivity contribution is 9.10. The van der Waals surface area contributed by atoms with E-state index in [0.717, 1.165) is 0 Å². The van der Waals surface area contributed by atoms with Crippen LogP contribution in [0.2, 0.25) is 0 Å². The average molecular weight is 304 g/mol. The summed E-state index contributed by atoms with van der Waals surface area (Å²) in [5, 5.41) is 10.6. The Bertz CT molecular complexity index is 435. The number of carbonyl (C=O) groups excluding carboxylic acids is 1. The summed E-state index contributed by atoms with van der Waals surface area (Å²) in [4.78, 5) is 21.0. The smallest absolute Gasteiger partial charge is 0.308 e. The third kappa shape index (κ3) is 3.70. The molecule has 1 aromatic rings. The zero-order valence-corrected chi connectivity index (χ0v) is 10.6. The number of nitro groups is 1. The number of hydrogen-bond donors (Lipinski definition) is 0. The number of carbonyl (C=O) groups is 1. The number of rotatable bonds is 5. The van der Waals surface area contributed by atoms with Crippen molar-refractivity contribution in [1.29, 1.82) is 0 Å².